The van der Waals surface area contributed by atoms with E-state index in [0.717, 1.165) is 29.8 Å². The van der Waals surface area contributed by atoms with Crippen LogP contribution in [0, 0.1) is 0 Å². The molecule has 0 aliphatic heterocycles. The van der Waals surface area contributed by atoms with Gasteiger partial charge < -0.3 is 14.6 Å². The van der Waals surface area contributed by atoms with E-state index in [0.29, 0.717) is 0 Å². The third-order valence-corrected chi connectivity index (χ3v) is 4.96. The number of aryl methyl sites for hydroxylation is 1. The maximum atomic E-state index is 11.9. The molecule has 27 heavy (non-hydrogen) atoms. The van der Waals surface area contributed by atoms with Crippen LogP contribution in [0.4, 0.5) is 0 Å². The Morgan fingerprint density at radius 2 is 1.78 bits per heavy atom. The van der Waals surface area contributed by atoms with Crippen molar-refractivity contribution in [3.8, 4) is 0 Å². The van der Waals surface area contributed by atoms with Crippen molar-refractivity contribution in [1.29, 1.82) is 0 Å². The summed E-state index contributed by atoms with van der Waals surface area (Å²) in [5.74, 6) is 0.805. The molecule has 1 amide bonds. The molecule has 1 heterocycles. The highest BCUT2D eigenvalue weighted by Gasteiger charge is 2.18. The molecule has 0 aliphatic carbocycles. The van der Waals surface area contributed by atoms with Crippen molar-refractivity contribution in [2.24, 2.45) is 0 Å². The first kappa shape index (κ1) is 21.4. The molecule has 0 bridgehead atoms. The molecular weight excluding hydrogens is 338 g/mol. The Bertz CT molecular complexity index is 696. The molecule has 0 spiro atoms. The Kier molecular flexibility index (Phi) is 9.32. The lowest BCUT2D eigenvalue weighted by molar-refractivity contribution is -0.125. The van der Waals surface area contributed by atoms with Gasteiger partial charge in [0.25, 0.3) is 0 Å². The predicted octanol–water partition coefficient (Wildman–Crippen LogP) is 5.00. The molecule has 1 aromatic heterocycles. The summed E-state index contributed by atoms with van der Waals surface area (Å²) in [6.07, 6.45) is 10.4. The van der Waals surface area contributed by atoms with Crippen LogP contribution in [0.3, 0.4) is 0 Å². The summed E-state index contributed by atoms with van der Waals surface area (Å²) in [5.41, 5.74) is 2.13. The Morgan fingerprint density at radius 1 is 1.11 bits per heavy atom. The van der Waals surface area contributed by atoms with Gasteiger partial charge in [0, 0.05) is 13.7 Å². The zero-order valence-corrected chi connectivity index (χ0v) is 17.2. The molecule has 1 N–H and O–H groups in total. The van der Waals surface area contributed by atoms with Gasteiger partial charge in [-0.15, -0.1) is 0 Å². The fourth-order valence-electron chi connectivity index (χ4n) is 3.54. The lowest BCUT2D eigenvalue weighted by Crippen LogP contribution is -2.31. The summed E-state index contributed by atoms with van der Waals surface area (Å²) in [6.45, 7) is 5.25. The van der Waals surface area contributed by atoms with E-state index in [1.165, 1.54) is 52.1 Å². The quantitative estimate of drug-likeness (QED) is 0.503. The van der Waals surface area contributed by atoms with Gasteiger partial charge in [-0.3, -0.25) is 4.79 Å². The normalized spacial score (nSPS) is 12.4. The van der Waals surface area contributed by atoms with Crippen LogP contribution >= 0.6 is 0 Å². The van der Waals surface area contributed by atoms with Crippen molar-refractivity contribution in [1.82, 2.24) is 14.9 Å². The van der Waals surface area contributed by atoms with Crippen molar-refractivity contribution >= 4 is 16.9 Å². The SMILES string of the molecule is CCCCCCCCCCn1c(C(C)NC(=O)COC)nc2ccccc21. The van der Waals surface area contributed by atoms with Crippen LogP contribution < -0.4 is 5.32 Å². The van der Waals surface area contributed by atoms with Crippen molar-refractivity contribution in [2.75, 3.05) is 13.7 Å². The lowest BCUT2D eigenvalue weighted by Gasteiger charge is -2.16. The third-order valence-electron chi connectivity index (χ3n) is 4.96. The maximum Gasteiger partial charge on any atom is 0.246 e. The number of fused-ring (bicyclic) bond motifs is 1. The number of hydrogen-bond acceptors (Lipinski definition) is 3. The van der Waals surface area contributed by atoms with Gasteiger partial charge in [-0.25, -0.2) is 4.98 Å². The van der Waals surface area contributed by atoms with E-state index < -0.39 is 0 Å². The largest absolute Gasteiger partial charge is 0.375 e. The van der Waals surface area contributed by atoms with E-state index in [1.54, 1.807) is 0 Å². The van der Waals surface area contributed by atoms with E-state index in [9.17, 15) is 4.79 Å². The molecular formula is C22H35N3O2. The number of hydrogen-bond donors (Lipinski definition) is 1. The van der Waals surface area contributed by atoms with Crippen molar-refractivity contribution < 1.29 is 9.53 Å². The molecule has 0 aliphatic rings. The minimum absolute atomic E-state index is 0.0720. The molecule has 5 heteroatoms. The number of nitrogens with one attached hydrogen (secondary N) is 1. The van der Waals surface area contributed by atoms with Crippen molar-refractivity contribution in [2.45, 2.75) is 77.8 Å². The Balaban J connectivity index is 1.96. The van der Waals surface area contributed by atoms with Crippen LogP contribution in [-0.2, 0) is 16.1 Å². The van der Waals surface area contributed by atoms with Crippen LogP contribution in [0.15, 0.2) is 24.3 Å². The average molecular weight is 374 g/mol. The zero-order chi connectivity index (χ0) is 19.5. The highest BCUT2D eigenvalue weighted by molar-refractivity contribution is 5.78. The van der Waals surface area contributed by atoms with Crippen molar-refractivity contribution in [3.05, 3.63) is 30.1 Å². The summed E-state index contributed by atoms with van der Waals surface area (Å²) in [5, 5.41) is 2.98. The van der Waals surface area contributed by atoms with E-state index >= 15 is 0 Å². The molecule has 1 atom stereocenters. The van der Waals surface area contributed by atoms with Crippen LogP contribution in [-0.4, -0.2) is 29.2 Å². The minimum atomic E-state index is -0.144. The number of methoxy groups -OCH3 is 1. The van der Waals surface area contributed by atoms with Crippen LogP contribution in [0.1, 0.15) is 77.1 Å². The van der Waals surface area contributed by atoms with Gasteiger partial charge in [-0.05, 0) is 25.5 Å². The van der Waals surface area contributed by atoms with E-state index in [2.05, 4.69) is 22.9 Å². The van der Waals surface area contributed by atoms with Gasteiger partial charge in [0.1, 0.15) is 12.4 Å². The standard InChI is InChI=1S/C22H35N3O2/c1-4-5-6-7-8-9-10-13-16-25-20-15-12-11-14-19(20)24-22(25)18(2)23-21(26)17-27-3/h11-12,14-15,18H,4-10,13,16-17H2,1-3H3,(H,23,26). The Hall–Kier alpha value is -1.88. The van der Waals surface area contributed by atoms with Crippen molar-refractivity contribution in [3.63, 3.8) is 0 Å². The number of nitrogens with zero attached hydrogens (tertiary/aromatic N) is 2. The number of rotatable bonds is 13. The number of para-hydroxylation sites is 2. The molecule has 150 valence electrons. The fourth-order valence-corrected chi connectivity index (χ4v) is 3.54. The van der Waals surface area contributed by atoms with Crippen LogP contribution in [0.25, 0.3) is 11.0 Å². The molecule has 1 aromatic carbocycles. The summed E-state index contributed by atoms with van der Waals surface area (Å²) in [6, 6.07) is 8.06. The molecule has 0 radical (unpaired) electrons. The predicted molar refractivity (Wildman–Crippen MR) is 111 cm³/mol. The number of carbonyl (C=O) groups is 1. The molecule has 5 nitrogen and oxygen atoms in total. The van der Waals surface area contributed by atoms with Gasteiger partial charge in [0.05, 0.1) is 17.1 Å². The lowest BCUT2D eigenvalue weighted by atomic mass is 10.1. The van der Waals surface area contributed by atoms with Gasteiger partial charge in [-0.2, -0.15) is 0 Å². The van der Waals surface area contributed by atoms with Crippen LogP contribution in [0.5, 0.6) is 0 Å². The highest BCUT2D eigenvalue weighted by atomic mass is 16.5. The zero-order valence-electron chi connectivity index (χ0n) is 17.2. The fraction of sp³-hybridized carbons (Fsp3) is 0.636. The minimum Gasteiger partial charge on any atom is -0.375 e. The summed E-state index contributed by atoms with van der Waals surface area (Å²) < 4.78 is 7.19. The second kappa shape index (κ2) is 11.8. The van der Waals surface area contributed by atoms with E-state index in [4.69, 9.17) is 9.72 Å². The molecule has 0 saturated carbocycles. The first-order chi connectivity index (χ1) is 13.2. The van der Waals surface area contributed by atoms with Gasteiger partial charge >= 0.3 is 0 Å². The second-order valence-electron chi connectivity index (χ2n) is 7.31. The third kappa shape index (κ3) is 6.65. The Morgan fingerprint density at radius 3 is 2.48 bits per heavy atom. The maximum absolute atomic E-state index is 11.9. The molecule has 0 saturated heterocycles. The number of imidazole rings is 1. The number of unbranched alkanes of at least 4 members (excludes halogenated alkanes) is 7. The number of ether oxygens (including phenoxy) is 1. The van der Waals surface area contributed by atoms with Gasteiger partial charge in [-0.1, -0.05) is 64.0 Å². The van der Waals surface area contributed by atoms with Gasteiger partial charge in [0.2, 0.25) is 5.91 Å². The van der Waals surface area contributed by atoms with E-state index in [-0.39, 0.29) is 18.6 Å². The highest BCUT2D eigenvalue weighted by Crippen LogP contribution is 2.22. The summed E-state index contributed by atoms with van der Waals surface area (Å²) >= 11 is 0. The average Bonchev–Trinajstić information content (AvgIpc) is 3.03. The molecule has 1 unspecified atom stereocenters. The second-order valence-corrected chi connectivity index (χ2v) is 7.31. The monoisotopic (exact) mass is 373 g/mol. The number of carbonyl (C=O) groups excluding carboxylic acids is 1. The summed E-state index contributed by atoms with van der Waals surface area (Å²) in [4.78, 5) is 16.7. The van der Waals surface area contributed by atoms with E-state index in [1.807, 2.05) is 25.1 Å². The molecule has 2 rings (SSSR count). The number of amides is 1. The molecule has 0 fully saturated rings. The first-order valence-corrected chi connectivity index (χ1v) is 10.4. The number of benzene rings is 1. The number of aromatic nitrogens is 2. The summed E-state index contributed by atoms with van der Waals surface area (Å²) in [7, 11) is 1.53. The first-order valence-electron chi connectivity index (χ1n) is 10.4. The Labute approximate surface area is 163 Å². The van der Waals surface area contributed by atoms with Gasteiger partial charge in [0.15, 0.2) is 0 Å². The van der Waals surface area contributed by atoms with Crippen LogP contribution in [0.2, 0.25) is 0 Å². The topological polar surface area (TPSA) is 56.2 Å². The molecule has 2 aromatic rings. The smallest absolute Gasteiger partial charge is 0.246 e.